The highest BCUT2D eigenvalue weighted by molar-refractivity contribution is 5.92. The second-order valence-electron chi connectivity index (χ2n) is 17.4. The topological polar surface area (TPSA) is 6.48 Å². The highest BCUT2D eigenvalue weighted by atomic mass is 15.1. The van der Waals surface area contributed by atoms with Crippen LogP contribution >= 0.6 is 0 Å². The predicted molar refractivity (Wildman–Crippen MR) is 298 cm³/mol. The first-order valence-electron chi connectivity index (χ1n) is 23.9. The molecule has 332 valence electrons. The van der Waals surface area contributed by atoms with Crippen LogP contribution in [0.15, 0.2) is 303 Å². The molecule has 0 aliphatic heterocycles. The van der Waals surface area contributed by atoms with Crippen LogP contribution in [0.5, 0.6) is 0 Å². The van der Waals surface area contributed by atoms with Crippen LogP contribution in [0.2, 0.25) is 0 Å². The summed E-state index contributed by atoms with van der Waals surface area (Å²) in [6.45, 7) is 0. The summed E-state index contributed by atoms with van der Waals surface area (Å²) in [5.74, 6) is 0. The maximum absolute atomic E-state index is 2.35. The van der Waals surface area contributed by atoms with Crippen molar-refractivity contribution in [3.63, 3.8) is 0 Å². The zero-order valence-electron chi connectivity index (χ0n) is 38.8. The van der Waals surface area contributed by atoms with Gasteiger partial charge in [0.15, 0.2) is 0 Å². The standard InChI is InChI=1S/C68H50N2/c1-2-4-15-30-61(31-16-5-3-1)69(62-39-32-54(33-40-62)51-20-9-6-10-21-51)66-46-47-67(68(50-66)57-25-13-8-14-26-57)60-29-19-28-58(48-60)56-36-43-64(44-37-56)70(65-45-38-53-24-17-18-27-59(53)49-65)63-41-34-55(35-42-63)52-22-11-7-12-23-52/h1-50H. The Morgan fingerprint density at radius 2 is 0.500 bits per heavy atom. The van der Waals surface area contributed by atoms with E-state index in [0.717, 1.165) is 67.5 Å². The molecule has 0 atom stereocenters. The van der Waals surface area contributed by atoms with Gasteiger partial charge in [0.05, 0.1) is 0 Å². The molecule has 0 bridgehead atoms. The molecule has 0 aliphatic rings. The first-order chi connectivity index (χ1) is 34.7. The van der Waals surface area contributed by atoms with Crippen LogP contribution in [0.25, 0.3) is 66.4 Å². The number of nitrogens with zero attached hydrogens (tertiary/aromatic N) is 2. The molecule has 0 heterocycles. The van der Waals surface area contributed by atoms with Gasteiger partial charge in [0.25, 0.3) is 0 Å². The highest BCUT2D eigenvalue weighted by Crippen LogP contribution is 2.43. The minimum absolute atomic E-state index is 1.05. The largest absolute Gasteiger partial charge is 0.310 e. The summed E-state index contributed by atoms with van der Waals surface area (Å²) >= 11 is 0. The van der Waals surface area contributed by atoms with Gasteiger partial charge in [-0.2, -0.15) is 0 Å². The van der Waals surface area contributed by atoms with Gasteiger partial charge in [-0.15, -0.1) is 0 Å². The smallest absolute Gasteiger partial charge is 0.0468 e. The first-order valence-corrected chi connectivity index (χ1v) is 23.9. The molecule has 0 radical (unpaired) electrons. The summed E-state index contributed by atoms with van der Waals surface area (Å²) in [4.78, 5) is 4.70. The number of rotatable bonds is 11. The molecule has 0 aliphatic carbocycles. The predicted octanol–water partition coefficient (Wildman–Crippen LogP) is 19.2. The third-order valence-corrected chi connectivity index (χ3v) is 12.9. The lowest BCUT2D eigenvalue weighted by Gasteiger charge is -2.27. The van der Waals surface area contributed by atoms with E-state index in [-0.39, 0.29) is 0 Å². The van der Waals surface area contributed by atoms with Gasteiger partial charge in [0.2, 0.25) is 0 Å². The minimum atomic E-state index is 1.05. The summed E-state index contributed by atoms with van der Waals surface area (Å²) in [6.07, 6.45) is 0. The van der Waals surface area contributed by atoms with Crippen molar-refractivity contribution in [2.75, 3.05) is 9.80 Å². The summed E-state index contributed by atoms with van der Waals surface area (Å²) in [5, 5.41) is 2.43. The lowest BCUT2D eigenvalue weighted by Crippen LogP contribution is -2.10. The molecule has 0 N–H and O–H groups in total. The molecule has 0 spiro atoms. The van der Waals surface area contributed by atoms with Crippen molar-refractivity contribution in [3.8, 4) is 55.6 Å². The van der Waals surface area contributed by atoms with Crippen molar-refractivity contribution in [1.29, 1.82) is 0 Å². The SMILES string of the molecule is c1ccccc(N(c2ccc(-c3ccccc3)cc2)c2ccc(-c3cccc(-c4ccc(N(c5ccc(-c6ccccc6)cc5)c5ccc6ccccc6c5)cc4)c3)c(-c3ccccc3)c2)cccc1. The van der Waals surface area contributed by atoms with Gasteiger partial charge in [0.1, 0.15) is 0 Å². The zero-order chi connectivity index (χ0) is 46.9. The minimum Gasteiger partial charge on any atom is -0.310 e. The molecule has 2 nitrogen and oxygen atoms in total. The van der Waals surface area contributed by atoms with Crippen molar-refractivity contribution in [2.45, 2.75) is 0 Å². The number of hydrogen-bond acceptors (Lipinski definition) is 2. The molecule has 0 saturated carbocycles. The Kier molecular flexibility index (Phi) is 12.6. The van der Waals surface area contributed by atoms with E-state index in [1.54, 1.807) is 0 Å². The van der Waals surface area contributed by atoms with Crippen LogP contribution in [0.3, 0.4) is 0 Å². The Balaban J connectivity index is 0.970. The summed E-state index contributed by atoms with van der Waals surface area (Å²) in [6, 6.07) is 109. The van der Waals surface area contributed by atoms with Crippen molar-refractivity contribution in [1.82, 2.24) is 0 Å². The molecule has 11 rings (SSSR count). The lowest BCUT2D eigenvalue weighted by atomic mass is 9.91. The third kappa shape index (κ3) is 9.49. The van der Waals surface area contributed by atoms with Gasteiger partial charge in [-0.05, 0) is 145 Å². The number of benzene rings is 10. The molecule has 0 amide bonds. The summed E-state index contributed by atoms with van der Waals surface area (Å²) in [7, 11) is 0. The second kappa shape index (κ2) is 20.3. The first kappa shape index (κ1) is 43.3. The Hall–Kier alpha value is -9.24. The fraction of sp³-hybridized carbons (Fsp3) is 0. The Morgan fingerprint density at radius 1 is 0.157 bits per heavy atom. The maximum Gasteiger partial charge on any atom is 0.0468 e. The second-order valence-corrected chi connectivity index (χ2v) is 17.4. The van der Waals surface area contributed by atoms with Crippen LogP contribution < -0.4 is 9.80 Å². The molecule has 0 fully saturated rings. The van der Waals surface area contributed by atoms with Crippen LogP contribution in [0.1, 0.15) is 0 Å². The van der Waals surface area contributed by atoms with Crippen LogP contribution in [0, 0.1) is 0 Å². The molecule has 0 saturated heterocycles. The number of fused-ring (bicyclic) bond motifs is 1. The van der Waals surface area contributed by atoms with Crippen molar-refractivity contribution < 1.29 is 0 Å². The number of anilines is 6. The lowest BCUT2D eigenvalue weighted by molar-refractivity contribution is 1.29. The van der Waals surface area contributed by atoms with Crippen LogP contribution in [-0.2, 0) is 0 Å². The van der Waals surface area contributed by atoms with Gasteiger partial charge in [-0.3, -0.25) is 0 Å². The summed E-state index contributed by atoms with van der Waals surface area (Å²) < 4.78 is 0. The van der Waals surface area contributed by atoms with E-state index < -0.39 is 0 Å². The molecular weight excluding hydrogens is 845 g/mol. The van der Waals surface area contributed by atoms with Crippen molar-refractivity contribution >= 4 is 44.9 Å². The fourth-order valence-corrected chi connectivity index (χ4v) is 9.36. The molecule has 11 aromatic rings. The molecule has 11 aromatic carbocycles. The Morgan fingerprint density at radius 3 is 1.04 bits per heavy atom. The van der Waals surface area contributed by atoms with Gasteiger partial charge in [0, 0.05) is 34.1 Å². The number of hydrogen-bond donors (Lipinski definition) is 0. The fourth-order valence-electron chi connectivity index (χ4n) is 9.36. The van der Waals surface area contributed by atoms with E-state index in [1.807, 2.05) is 6.07 Å². The van der Waals surface area contributed by atoms with Gasteiger partial charge >= 0.3 is 0 Å². The van der Waals surface area contributed by atoms with Crippen LogP contribution in [0.4, 0.5) is 34.1 Å². The molecule has 2 heteroatoms. The van der Waals surface area contributed by atoms with E-state index in [0.29, 0.717) is 0 Å². The quantitative estimate of drug-likeness (QED) is 0.128. The molecule has 70 heavy (non-hydrogen) atoms. The zero-order valence-corrected chi connectivity index (χ0v) is 38.8. The van der Waals surface area contributed by atoms with Gasteiger partial charge in [-0.1, -0.05) is 224 Å². The Labute approximate surface area is 411 Å². The van der Waals surface area contributed by atoms with E-state index in [2.05, 4.69) is 307 Å². The highest BCUT2D eigenvalue weighted by Gasteiger charge is 2.18. The van der Waals surface area contributed by atoms with Gasteiger partial charge in [-0.25, -0.2) is 0 Å². The molecule has 0 unspecified atom stereocenters. The van der Waals surface area contributed by atoms with E-state index in [1.165, 1.54) is 33.0 Å². The molecule has 0 aromatic heterocycles. The molecular formula is C68H50N2. The maximum atomic E-state index is 2.35. The van der Waals surface area contributed by atoms with Crippen molar-refractivity contribution in [2.24, 2.45) is 0 Å². The average molecular weight is 895 g/mol. The van der Waals surface area contributed by atoms with Gasteiger partial charge < -0.3 is 9.80 Å². The van der Waals surface area contributed by atoms with E-state index in [9.17, 15) is 0 Å². The van der Waals surface area contributed by atoms with Crippen molar-refractivity contribution in [3.05, 3.63) is 303 Å². The van der Waals surface area contributed by atoms with Crippen LogP contribution in [-0.4, -0.2) is 0 Å². The Bertz CT molecular complexity index is 3540. The normalized spacial score (nSPS) is 10.9. The van der Waals surface area contributed by atoms with E-state index >= 15 is 0 Å². The average Bonchev–Trinajstić information content (AvgIpc) is 3.44. The summed E-state index contributed by atoms with van der Waals surface area (Å²) in [5.41, 5.74) is 18.2. The third-order valence-electron chi connectivity index (χ3n) is 12.9. The monoisotopic (exact) mass is 894 g/mol. The van der Waals surface area contributed by atoms with E-state index in [4.69, 9.17) is 0 Å².